The summed E-state index contributed by atoms with van der Waals surface area (Å²) in [5.41, 5.74) is 2.41. The first-order chi connectivity index (χ1) is 9.04. The number of aromatic nitrogens is 2. The third kappa shape index (κ3) is 2.81. The molecule has 1 aromatic heterocycles. The van der Waals surface area contributed by atoms with Gasteiger partial charge in [0.25, 0.3) is 0 Å². The van der Waals surface area contributed by atoms with Crippen LogP contribution in [-0.4, -0.2) is 22.9 Å². The second-order valence-electron chi connectivity index (χ2n) is 5.79. The summed E-state index contributed by atoms with van der Waals surface area (Å²) < 4.78 is 1.98. The lowest BCUT2D eigenvalue weighted by Crippen LogP contribution is -2.36. The van der Waals surface area contributed by atoms with E-state index in [4.69, 9.17) is 5.10 Å². The minimum atomic E-state index is 0.471. The molecule has 0 radical (unpaired) electrons. The van der Waals surface area contributed by atoms with Crippen LogP contribution in [0.4, 0.5) is 0 Å². The smallest absolute Gasteiger partial charge is 0.0718 e. The van der Waals surface area contributed by atoms with Crippen LogP contribution in [0.15, 0.2) is 24.3 Å². The van der Waals surface area contributed by atoms with Crippen molar-refractivity contribution in [1.29, 1.82) is 0 Å². The number of para-hydroxylation sites is 1. The lowest BCUT2D eigenvalue weighted by molar-refractivity contribution is 0.308. The number of likely N-dealkylation sites (N-methyl/N-ethyl adjacent to an activating group) is 1. The maximum absolute atomic E-state index is 4.70. The molecule has 0 aliphatic heterocycles. The van der Waals surface area contributed by atoms with Crippen molar-refractivity contribution in [3.05, 3.63) is 30.0 Å². The molecule has 0 saturated heterocycles. The summed E-state index contributed by atoms with van der Waals surface area (Å²) in [6, 6.07) is 8.93. The molecule has 0 aliphatic rings. The van der Waals surface area contributed by atoms with Crippen molar-refractivity contribution in [2.24, 2.45) is 18.9 Å². The number of rotatable bonds is 5. The standard InChI is InChI=1S/C16H25N3/c1-11(2)12(3)14(17-4)10-15-13-8-6-7-9-16(13)19(5)18-15/h6-9,11-12,14,17H,10H2,1-5H3. The van der Waals surface area contributed by atoms with Crippen molar-refractivity contribution >= 4 is 10.9 Å². The van der Waals surface area contributed by atoms with Gasteiger partial charge in [-0.3, -0.25) is 4.68 Å². The van der Waals surface area contributed by atoms with E-state index < -0.39 is 0 Å². The van der Waals surface area contributed by atoms with Crippen molar-refractivity contribution in [2.75, 3.05) is 7.05 Å². The predicted octanol–water partition coefficient (Wildman–Crippen LogP) is 3.00. The van der Waals surface area contributed by atoms with E-state index in [1.165, 1.54) is 16.6 Å². The van der Waals surface area contributed by atoms with Crippen molar-refractivity contribution in [2.45, 2.75) is 33.2 Å². The Morgan fingerprint density at radius 3 is 2.53 bits per heavy atom. The van der Waals surface area contributed by atoms with Crippen molar-refractivity contribution in [3.63, 3.8) is 0 Å². The Bertz CT molecular complexity index is 542. The Balaban J connectivity index is 2.30. The van der Waals surface area contributed by atoms with Crippen molar-refractivity contribution < 1.29 is 0 Å². The first-order valence-corrected chi connectivity index (χ1v) is 7.12. The fraction of sp³-hybridized carbons (Fsp3) is 0.562. The molecule has 1 heterocycles. The summed E-state index contributed by atoms with van der Waals surface area (Å²) in [4.78, 5) is 0. The Morgan fingerprint density at radius 2 is 1.89 bits per heavy atom. The molecule has 1 aromatic carbocycles. The molecular formula is C16H25N3. The molecule has 2 rings (SSSR count). The largest absolute Gasteiger partial charge is 0.316 e. The van der Waals surface area contributed by atoms with Crippen LogP contribution in [0.25, 0.3) is 10.9 Å². The zero-order valence-electron chi connectivity index (χ0n) is 12.6. The van der Waals surface area contributed by atoms with Crippen molar-refractivity contribution in [3.8, 4) is 0 Å². The number of nitrogens with zero attached hydrogens (tertiary/aromatic N) is 2. The maximum atomic E-state index is 4.70. The number of benzene rings is 1. The average molecular weight is 259 g/mol. The predicted molar refractivity (Wildman–Crippen MR) is 81.3 cm³/mol. The molecule has 2 atom stereocenters. The Hall–Kier alpha value is -1.35. The molecule has 0 fully saturated rings. The van der Waals surface area contributed by atoms with Gasteiger partial charge in [0.15, 0.2) is 0 Å². The van der Waals surface area contributed by atoms with E-state index in [0.29, 0.717) is 17.9 Å². The number of hydrogen-bond donors (Lipinski definition) is 1. The van der Waals surface area contributed by atoms with Gasteiger partial charge in [-0.05, 0) is 24.9 Å². The zero-order chi connectivity index (χ0) is 14.0. The van der Waals surface area contributed by atoms with Gasteiger partial charge in [-0.1, -0.05) is 39.0 Å². The molecular weight excluding hydrogens is 234 g/mol. The van der Waals surface area contributed by atoms with Crippen LogP contribution in [0.3, 0.4) is 0 Å². The van der Waals surface area contributed by atoms with Gasteiger partial charge in [0.05, 0.1) is 11.2 Å². The first-order valence-electron chi connectivity index (χ1n) is 7.12. The van der Waals surface area contributed by atoms with Crippen LogP contribution in [0.1, 0.15) is 26.5 Å². The minimum Gasteiger partial charge on any atom is -0.316 e. The lowest BCUT2D eigenvalue weighted by Gasteiger charge is -2.26. The fourth-order valence-corrected chi connectivity index (χ4v) is 2.66. The molecule has 19 heavy (non-hydrogen) atoms. The molecule has 0 spiro atoms. The van der Waals surface area contributed by atoms with Gasteiger partial charge in [-0.15, -0.1) is 0 Å². The number of fused-ring (bicyclic) bond motifs is 1. The molecule has 2 unspecified atom stereocenters. The summed E-state index contributed by atoms with van der Waals surface area (Å²) in [7, 11) is 4.07. The summed E-state index contributed by atoms with van der Waals surface area (Å²) in [5, 5.41) is 9.43. The van der Waals surface area contributed by atoms with Crippen LogP contribution in [-0.2, 0) is 13.5 Å². The summed E-state index contributed by atoms with van der Waals surface area (Å²) in [6.07, 6.45) is 0.983. The second kappa shape index (κ2) is 5.74. The van der Waals surface area contributed by atoms with Crippen LogP contribution in [0.5, 0.6) is 0 Å². The molecule has 3 nitrogen and oxygen atoms in total. The first kappa shape index (κ1) is 14.1. The average Bonchev–Trinajstić information content (AvgIpc) is 2.72. The van der Waals surface area contributed by atoms with Crippen molar-refractivity contribution in [1.82, 2.24) is 15.1 Å². The third-order valence-electron chi connectivity index (χ3n) is 4.30. The summed E-state index contributed by atoms with van der Waals surface area (Å²) in [5.74, 6) is 1.30. The highest BCUT2D eigenvalue weighted by Gasteiger charge is 2.21. The van der Waals surface area contributed by atoms with Gasteiger partial charge < -0.3 is 5.32 Å². The quantitative estimate of drug-likeness (QED) is 0.894. The highest BCUT2D eigenvalue weighted by atomic mass is 15.3. The highest BCUT2D eigenvalue weighted by Crippen LogP contribution is 2.22. The molecule has 3 heteroatoms. The molecule has 104 valence electrons. The number of aryl methyl sites for hydroxylation is 1. The van der Waals surface area contributed by atoms with E-state index in [0.717, 1.165) is 6.42 Å². The van der Waals surface area contributed by atoms with Gasteiger partial charge in [0.2, 0.25) is 0 Å². The van der Waals surface area contributed by atoms with Crippen LogP contribution >= 0.6 is 0 Å². The van der Waals surface area contributed by atoms with Gasteiger partial charge in [-0.2, -0.15) is 5.10 Å². The molecule has 1 N–H and O–H groups in total. The van der Waals surface area contributed by atoms with E-state index in [9.17, 15) is 0 Å². The monoisotopic (exact) mass is 259 g/mol. The van der Waals surface area contributed by atoms with Crippen LogP contribution < -0.4 is 5.32 Å². The van der Waals surface area contributed by atoms with Gasteiger partial charge >= 0.3 is 0 Å². The van der Waals surface area contributed by atoms with E-state index in [-0.39, 0.29) is 0 Å². The van der Waals surface area contributed by atoms with E-state index in [1.54, 1.807) is 0 Å². The normalized spacial score (nSPS) is 15.1. The zero-order valence-corrected chi connectivity index (χ0v) is 12.6. The topological polar surface area (TPSA) is 29.9 Å². The second-order valence-corrected chi connectivity index (χ2v) is 5.79. The van der Waals surface area contributed by atoms with Crippen LogP contribution in [0, 0.1) is 11.8 Å². The minimum absolute atomic E-state index is 0.471. The molecule has 0 amide bonds. The molecule has 0 bridgehead atoms. The maximum Gasteiger partial charge on any atom is 0.0718 e. The Morgan fingerprint density at radius 1 is 1.21 bits per heavy atom. The third-order valence-corrected chi connectivity index (χ3v) is 4.30. The van der Waals surface area contributed by atoms with Gasteiger partial charge in [-0.25, -0.2) is 0 Å². The highest BCUT2D eigenvalue weighted by molar-refractivity contribution is 5.81. The van der Waals surface area contributed by atoms with Gasteiger partial charge in [0.1, 0.15) is 0 Å². The molecule has 0 aliphatic carbocycles. The van der Waals surface area contributed by atoms with Gasteiger partial charge in [0, 0.05) is 24.9 Å². The van der Waals surface area contributed by atoms with Crippen LogP contribution in [0.2, 0.25) is 0 Å². The SMILES string of the molecule is CNC(Cc1nn(C)c2ccccc12)C(C)C(C)C. The Labute approximate surface area is 116 Å². The Kier molecular flexibility index (Phi) is 4.25. The van der Waals surface area contributed by atoms with E-state index >= 15 is 0 Å². The fourth-order valence-electron chi connectivity index (χ4n) is 2.66. The summed E-state index contributed by atoms with van der Waals surface area (Å²) >= 11 is 0. The number of nitrogens with one attached hydrogen (secondary N) is 1. The summed E-state index contributed by atoms with van der Waals surface area (Å²) in [6.45, 7) is 6.88. The van der Waals surface area contributed by atoms with E-state index in [2.05, 4.69) is 57.4 Å². The van der Waals surface area contributed by atoms with E-state index in [1.807, 2.05) is 11.7 Å². The molecule has 2 aromatic rings. The lowest BCUT2D eigenvalue weighted by atomic mass is 9.87. The number of hydrogen-bond acceptors (Lipinski definition) is 2. The molecule has 0 saturated carbocycles.